The molecule has 2 atom stereocenters. The zero-order valence-electron chi connectivity index (χ0n) is 21.7. The molecule has 3 heterocycles. The van der Waals surface area contributed by atoms with Crippen LogP contribution in [0.2, 0.25) is 0 Å². The van der Waals surface area contributed by atoms with Gasteiger partial charge in [-0.1, -0.05) is 6.07 Å². The van der Waals surface area contributed by atoms with E-state index < -0.39 is 11.6 Å². The molecule has 3 aliphatic rings. The molecule has 9 nitrogen and oxygen atoms in total. The molecule has 1 aromatic carbocycles. The lowest BCUT2D eigenvalue weighted by Crippen LogP contribution is -2.59. The summed E-state index contributed by atoms with van der Waals surface area (Å²) in [7, 11) is 0. The molecule has 0 aliphatic carbocycles. The molecule has 0 radical (unpaired) electrons. The predicted molar refractivity (Wildman–Crippen MR) is 133 cm³/mol. The van der Waals surface area contributed by atoms with Crippen molar-refractivity contribution in [2.75, 3.05) is 23.1 Å². The van der Waals surface area contributed by atoms with Crippen molar-refractivity contribution in [1.29, 1.82) is 0 Å². The van der Waals surface area contributed by atoms with Crippen LogP contribution in [0.1, 0.15) is 78.7 Å². The van der Waals surface area contributed by atoms with Crippen molar-refractivity contribution < 1.29 is 24.0 Å². The number of carbonyl (C=O) groups excluding carboxylic acids is 3. The molecular formula is C26H38N4O5. The summed E-state index contributed by atoms with van der Waals surface area (Å²) < 4.78 is 5.53. The molecular weight excluding hydrogens is 448 g/mol. The first-order valence-electron chi connectivity index (χ1n) is 12.6. The van der Waals surface area contributed by atoms with Crippen LogP contribution in [0.3, 0.4) is 0 Å². The molecule has 9 heteroatoms. The maximum atomic E-state index is 12.7. The number of amides is 3. The van der Waals surface area contributed by atoms with Gasteiger partial charge in [-0.15, -0.1) is 0 Å². The van der Waals surface area contributed by atoms with Crippen LogP contribution in [0.4, 0.5) is 16.2 Å². The van der Waals surface area contributed by atoms with Gasteiger partial charge in [0.1, 0.15) is 11.6 Å². The fraction of sp³-hybridized carbons (Fsp3) is 0.654. The van der Waals surface area contributed by atoms with E-state index in [1.807, 2.05) is 37.7 Å². The molecule has 2 fully saturated rings. The molecule has 2 saturated heterocycles. The molecule has 3 aliphatic heterocycles. The highest BCUT2D eigenvalue weighted by molar-refractivity contribution is 6.02. The zero-order valence-corrected chi connectivity index (χ0v) is 21.7. The third-order valence-corrected chi connectivity index (χ3v) is 6.81. The van der Waals surface area contributed by atoms with Crippen LogP contribution in [-0.2, 0) is 19.2 Å². The summed E-state index contributed by atoms with van der Waals surface area (Å²) in [6.07, 6.45) is 1.88. The van der Waals surface area contributed by atoms with E-state index in [9.17, 15) is 14.4 Å². The number of fused-ring (bicyclic) bond motifs is 1. The van der Waals surface area contributed by atoms with Crippen LogP contribution in [0.5, 0.6) is 0 Å². The maximum Gasteiger partial charge on any atom is 0.410 e. The first-order valence-corrected chi connectivity index (χ1v) is 12.6. The summed E-state index contributed by atoms with van der Waals surface area (Å²) in [4.78, 5) is 46.9. The Hall–Kier alpha value is -2.81. The molecule has 4 rings (SSSR count). The summed E-state index contributed by atoms with van der Waals surface area (Å²) in [5, 5.41) is 4.39. The molecule has 0 bridgehead atoms. The number of carbonyl (C=O) groups is 3. The first kappa shape index (κ1) is 25.3. The van der Waals surface area contributed by atoms with Crippen molar-refractivity contribution in [2.45, 2.75) is 97.1 Å². The number of nitrogens with one attached hydrogen (secondary N) is 1. The van der Waals surface area contributed by atoms with Gasteiger partial charge in [-0.3, -0.25) is 14.9 Å². The average Bonchev–Trinajstić information content (AvgIpc) is 2.78. The number of benzene rings is 1. The summed E-state index contributed by atoms with van der Waals surface area (Å²) in [6.45, 7) is 13.0. The highest BCUT2D eigenvalue weighted by Gasteiger charge is 2.40. The number of hydroxylamine groups is 1. The highest BCUT2D eigenvalue weighted by Crippen LogP contribution is 2.42. The normalized spacial score (nSPS) is 23.9. The quantitative estimate of drug-likeness (QED) is 0.648. The number of rotatable bonds is 3. The molecule has 35 heavy (non-hydrogen) atoms. The molecule has 0 aromatic heterocycles. The van der Waals surface area contributed by atoms with E-state index in [2.05, 4.69) is 37.4 Å². The molecule has 0 saturated carbocycles. The molecule has 1 aromatic rings. The minimum absolute atomic E-state index is 0.101. The van der Waals surface area contributed by atoms with Gasteiger partial charge in [-0.2, -0.15) is 0 Å². The topological polar surface area (TPSA) is 91.4 Å². The summed E-state index contributed by atoms with van der Waals surface area (Å²) in [5.74, 6) is -0.190. The number of likely N-dealkylation sites (tertiary alicyclic amines) is 1. The summed E-state index contributed by atoms with van der Waals surface area (Å²) in [5.41, 5.74) is 2.55. The second-order valence-corrected chi connectivity index (χ2v) is 11.0. The van der Waals surface area contributed by atoms with Crippen LogP contribution >= 0.6 is 0 Å². The van der Waals surface area contributed by atoms with Crippen LogP contribution in [0.25, 0.3) is 0 Å². The van der Waals surface area contributed by atoms with E-state index in [0.717, 1.165) is 24.2 Å². The minimum atomic E-state index is -0.502. The number of hydrogen-bond acceptors (Lipinski definition) is 7. The average molecular weight is 487 g/mol. The Labute approximate surface area is 207 Å². The highest BCUT2D eigenvalue weighted by atomic mass is 16.7. The van der Waals surface area contributed by atoms with Crippen molar-refractivity contribution in [1.82, 2.24) is 10.2 Å². The third-order valence-electron chi connectivity index (χ3n) is 6.81. The lowest BCUT2D eigenvalue weighted by atomic mass is 9.88. The van der Waals surface area contributed by atoms with Gasteiger partial charge in [0.25, 0.3) is 0 Å². The standard InChI is InChI=1S/C26H38N4O5/c1-16(2)30-22-15-19(18-11-13-28(14-12-18)25(33)34-26(4,5)6)7-8-20(22)29(17(3)35-30)21-9-10-23(31)27-24(21)32/h7-8,15-18,21H,9-14H2,1-6H3,(H,27,31,32). The van der Waals surface area contributed by atoms with Gasteiger partial charge in [0.05, 0.1) is 17.4 Å². The van der Waals surface area contributed by atoms with Crippen LogP contribution in [0, 0.1) is 0 Å². The number of imide groups is 1. The van der Waals surface area contributed by atoms with Crippen LogP contribution in [-0.4, -0.2) is 59.8 Å². The van der Waals surface area contributed by atoms with Crippen molar-refractivity contribution in [3.63, 3.8) is 0 Å². The molecule has 1 N–H and O–H groups in total. The zero-order chi connectivity index (χ0) is 25.5. The van der Waals surface area contributed by atoms with E-state index in [4.69, 9.17) is 9.57 Å². The van der Waals surface area contributed by atoms with E-state index in [0.29, 0.717) is 31.8 Å². The Morgan fingerprint density at radius 3 is 2.40 bits per heavy atom. The van der Waals surface area contributed by atoms with Gasteiger partial charge in [0.15, 0.2) is 6.23 Å². The van der Waals surface area contributed by atoms with E-state index in [-0.39, 0.29) is 30.2 Å². The Balaban J connectivity index is 1.56. The van der Waals surface area contributed by atoms with E-state index in [1.165, 1.54) is 5.56 Å². The van der Waals surface area contributed by atoms with Gasteiger partial charge < -0.3 is 14.5 Å². The Kier molecular flexibility index (Phi) is 6.99. The predicted octanol–water partition coefficient (Wildman–Crippen LogP) is 3.92. The van der Waals surface area contributed by atoms with Gasteiger partial charge >= 0.3 is 6.09 Å². The maximum absolute atomic E-state index is 12.7. The van der Waals surface area contributed by atoms with Crippen molar-refractivity contribution in [3.8, 4) is 0 Å². The van der Waals surface area contributed by atoms with Crippen LogP contribution < -0.4 is 15.3 Å². The smallest absolute Gasteiger partial charge is 0.410 e. The van der Waals surface area contributed by atoms with Gasteiger partial charge in [0, 0.05) is 19.5 Å². The second-order valence-electron chi connectivity index (χ2n) is 11.0. The number of ether oxygens (including phenoxy) is 1. The molecule has 192 valence electrons. The number of nitrogens with zero attached hydrogens (tertiary/aromatic N) is 3. The molecule has 2 unspecified atom stereocenters. The van der Waals surface area contributed by atoms with Crippen molar-refractivity contribution in [2.24, 2.45) is 0 Å². The van der Waals surface area contributed by atoms with E-state index in [1.54, 1.807) is 4.90 Å². The fourth-order valence-corrected chi connectivity index (χ4v) is 5.15. The van der Waals surface area contributed by atoms with Gasteiger partial charge in [0.2, 0.25) is 11.8 Å². The number of piperidine rings is 2. The first-order chi connectivity index (χ1) is 16.4. The van der Waals surface area contributed by atoms with Crippen molar-refractivity contribution >= 4 is 29.3 Å². The van der Waals surface area contributed by atoms with Crippen LogP contribution in [0.15, 0.2) is 18.2 Å². The molecule has 3 amide bonds. The second kappa shape index (κ2) is 9.68. The summed E-state index contributed by atoms with van der Waals surface area (Å²) in [6, 6.07) is 6.00. The minimum Gasteiger partial charge on any atom is -0.444 e. The van der Waals surface area contributed by atoms with Gasteiger partial charge in [-0.25, -0.2) is 14.7 Å². The summed E-state index contributed by atoms with van der Waals surface area (Å²) >= 11 is 0. The number of anilines is 2. The Morgan fingerprint density at radius 1 is 1.11 bits per heavy atom. The van der Waals surface area contributed by atoms with Crippen molar-refractivity contribution in [3.05, 3.63) is 23.8 Å². The Morgan fingerprint density at radius 2 is 1.80 bits per heavy atom. The molecule has 0 spiro atoms. The largest absolute Gasteiger partial charge is 0.444 e. The SMILES string of the molecule is CC(C)N1OC(C)N(C2CCC(=O)NC2=O)c2ccc(C3CCN(C(=O)OC(C)(C)C)CC3)cc21. The monoisotopic (exact) mass is 486 g/mol. The lowest BCUT2D eigenvalue weighted by Gasteiger charge is -2.47. The number of hydrogen-bond donors (Lipinski definition) is 1. The van der Waals surface area contributed by atoms with Gasteiger partial charge in [-0.05, 0) is 84.4 Å². The Bertz CT molecular complexity index is 980. The lowest BCUT2D eigenvalue weighted by molar-refractivity contribution is -0.134. The third kappa shape index (κ3) is 5.39. The van der Waals surface area contributed by atoms with E-state index >= 15 is 0 Å². The fourth-order valence-electron chi connectivity index (χ4n) is 5.15.